The van der Waals surface area contributed by atoms with Gasteiger partial charge in [-0.25, -0.2) is 0 Å². The number of furan rings is 1. The van der Waals surface area contributed by atoms with Gasteiger partial charge >= 0.3 is 0 Å². The topological polar surface area (TPSA) is 39.2 Å². The molecule has 0 unspecified atom stereocenters. The summed E-state index contributed by atoms with van der Waals surface area (Å²) in [5.74, 6) is 0.919. The first kappa shape index (κ1) is 7.35. The molecule has 1 aromatic rings. The minimum absolute atomic E-state index is 0.0648. The van der Waals surface area contributed by atoms with Crippen molar-refractivity contribution in [3.8, 4) is 0 Å². The first-order valence-corrected chi connectivity index (χ1v) is 3.55. The lowest BCUT2D eigenvalue weighted by molar-refractivity contribution is 0.457. The average Bonchev–Trinajstić information content (AvgIpc) is 2.34. The fourth-order valence-corrected chi connectivity index (χ4v) is 0.950. The highest BCUT2D eigenvalue weighted by molar-refractivity contribution is 5.17. The predicted octanol–water partition coefficient (Wildman–Crippen LogP) is 2.00. The second-order valence-corrected chi connectivity index (χ2v) is 2.48. The van der Waals surface area contributed by atoms with Crippen LogP contribution in [0.15, 0.2) is 16.7 Å². The molecule has 0 aliphatic rings. The minimum atomic E-state index is 0.0648. The second-order valence-electron chi connectivity index (χ2n) is 2.48. The van der Waals surface area contributed by atoms with Crippen molar-refractivity contribution in [3.05, 3.63) is 23.7 Å². The van der Waals surface area contributed by atoms with E-state index in [9.17, 15) is 0 Å². The van der Waals surface area contributed by atoms with E-state index < -0.39 is 0 Å². The van der Waals surface area contributed by atoms with Crippen molar-refractivity contribution in [3.63, 3.8) is 0 Å². The van der Waals surface area contributed by atoms with Crippen LogP contribution in [0.3, 0.4) is 0 Å². The zero-order valence-electron chi connectivity index (χ0n) is 6.42. The smallest absolute Gasteiger partial charge is 0.123 e. The summed E-state index contributed by atoms with van der Waals surface area (Å²) in [6.07, 6.45) is 2.61. The Labute approximate surface area is 61.0 Å². The number of rotatable bonds is 2. The first-order chi connectivity index (χ1) is 4.75. The molecular formula is C8H13NO. The van der Waals surface area contributed by atoms with Crippen LogP contribution in [0.2, 0.25) is 0 Å². The second kappa shape index (κ2) is 2.88. The molecule has 2 N–H and O–H groups in total. The highest BCUT2D eigenvalue weighted by Gasteiger charge is 2.08. The van der Waals surface area contributed by atoms with E-state index in [0.717, 1.165) is 17.7 Å². The maximum absolute atomic E-state index is 5.75. The maximum Gasteiger partial charge on any atom is 0.123 e. The van der Waals surface area contributed by atoms with Crippen molar-refractivity contribution < 1.29 is 4.42 Å². The summed E-state index contributed by atoms with van der Waals surface area (Å²) >= 11 is 0. The molecule has 0 fully saturated rings. The lowest BCUT2D eigenvalue weighted by Crippen LogP contribution is -2.08. The molecular weight excluding hydrogens is 126 g/mol. The highest BCUT2D eigenvalue weighted by Crippen LogP contribution is 2.18. The van der Waals surface area contributed by atoms with Gasteiger partial charge in [-0.05, 0) is 25.0 Å². The van der Waals surface area contributed by atoms with Crippen LogP contribution >= 0.6 is 0 Å². The Kier molecular flexibility index (Phi) is 2.12. The maximum atomic E-state index is 5.75. The molecule has 0 spiro atoms. The van der Waals surface area contributed by atoms with Gasteiger partial charge < -0.3 is 10.2 Å². The molecule has 1 aromatic heterocycles. The van der Waals surface area contributed by atoms with Gasteiger partial charge in [0.2, 0.25) is 0 Å². The van der Waals surface area contributed by atoms with Crippen LogP contribution in [-0.2, 0) is 0 Å². The molecule has 0 bridgehead atoms. The Hall–Kier alpha value is -0.760. The Bertz CT molecular complexity index is 205. The fourth-order valence-electron chi connectivity index (χ4n) is 0.950. The molecule has 0 aliphatic heterocycles. The molecule has 0 aliphatic carbocycles. The Morgan fingerprint density at radius 2 is 2.40 bits per heavy atom. The van der Waals surface area contributed by atoms with Crippen molar-refractivity contribution >= 4 is 0 Å². The molecule has 1 rings (SSSR count). The third kappa shape index (κ3) is 1.21. The highest BCUT2D eigenvalue weighted by atomic mass is 16.3. The van der Waals surface area contributed by atoms with Crippen LogP contribution in [0.25, 0.3) is 0 Å². The molecule has 1 atom stereocenters. The van der Waals surface area contributed by atoms with Gasteiger partial charge in [0.05, 0.1) is 12.3 Å². The van der Waals surface area contributed by atoms with Crippen LogP contribution in [0.5, 0.6) is 0 Å². The third-order valence-corrected chi connectivity index (χ3v) is 1.68. The van der Waals surface area contributed by atoms with Gasteiger partial charge in [0.25, 0.3) is 0 Å². The zero-order chi connectivity index (χ0) is 7.56. The van der Waals surface area contributed by atoms with Crippen molar-refractivity contribution in [2.24, 2.45) is 5.73 Å². The normalized spacial score (nSPS) is 13.5. The number of hydrogen-bond acceptors (Lipinski definition) is 2. The summed E-state index contributed by atoms with van der Waals surface area (Å²) in [7, 11) is 0. The van der Waals surface area contributed by atoms with Crippen molar-refractivity contribution in [1.29, 1.82) is 0 Å². The standard InChI is InChI=1S/C8H13NO/c1-3-7(9)8-6(2)4-5-10-8/h4-5,7H,3,9H2,1-2H3/t7-/m0/s1. The summed E-state index contributed by atoms with van der Waals surface area (Å²) in [6.45, 7) is 4.06. The van der Waals surface area contributed by atoms with Crippen LogP contribution in [0.1, 0.15) is 30.7 Å². The van der Waals surface area contributed by atoms with E-state index in [1.54, 1.807) is 6.26 Å². The molecule has 2 nitrogen and oxygen atoms in total. The molecule has 10 heavy (non-hydrogen) atoms. The SMILES string of the molecule is CC[C@H](N)c1occc1C. The predicted molar refractivity (Wildman–Crippen MR) is 40.7 cm³/mol. The van der Waals surface area contributed by atoms with E-state index in [0.29, 0.717) is 0 Å². The molecule has 0 saturated carbocycles. The Morgan fingerprint density at radius 3 is 2.80 bits per heavy atom. The molecule has 0 amide bonds. The van der Waals surface area contributed by atoms with E-state index in [2.05, 4.69) is 0 Å². The van der Waals surface area contributed by atoms with Gasteiger partial charge in [-0.2, -0.15) is 0 Å². The largest absolute Gasteiger partial charge is 0.467 e. The zero-order valence-corrected chi connectivity index (χ0v) is 6.42. The number of hydrogen-bond donors (Lipinski definition) is 1. The van der Waals surface area contributed by atoms with Gasteiger partial charge in [-0.1, -0.05) is 6.92 Å². The summed E-state index contributed by atoms with van der Waals surface area (Å²) in [5, 5.41) is 0. The molecule has 0 radical (unpaired) electrons. The quantitative estimate of drug-likeness (QED) is 0.680. The molecule has 1 heterocycles. The average molecular weight is 139 g/mol. The van der Waals surface area contributed by atoms with Gasteiger partial charge in [0.15, 0.2) is 0 Å². The van der Waals surface area contributed by atoms with E-state index in [1.165, 1.54) is 0 Å². The fraction of sp³-hybridized carbons (Fsp3) is 0.500. The summed E-state index contributed by atoms with van der Waals surface area (Å²) < 4.78 is 5.19. The van der Waals surface area contributed by atoms with Gasteiger partial charge in [-0.15, -0.1) is 0 Å². The van der Waals surface area contributed by atoms with Crippen LogP contribution in [0, 0.1) is 6.92 Å². The number of nitrogens with two attached hydrogens (primary N) is 1. The molecule has 0 aromatic carbocycles. The third-order valence-electron chi connectivity index (χ3n) is 1.68. The van der Waals surface area contributed by atoms with Crippen molar-refractivity contribution in [2.45, 2.75) is 26.3 Å². The van der Waals surface area contributed by atoms with Gasteiger partial charge in [0, 0.05) is 0 Å². The summed E-state index contributed by atoms with van der Waals surface area (Å²) in [5.41, 5.74) is 6.89. The van der Waals surface area contributed by atoms with E-state index in [-0.39, 0.29) is 6.04 Å². The van der Waals surface area contributed by atoms with Gasteiger partial charge in [-0.3, -0.25) is 0 Å². The summed E-state index contributed by atoms with van der Waals surface area (Å²) in [4.78, 5) is 0. The van der Waals surface area contributed by atoms with Gasteiger partial charge in [0.1, 0.15) is 5.76 Å². The molecule has 2 heteroatoms. The van der Waals surface area contributed by atoms with Crippen molar-refractivity contribution in [2.75, 3.05) is 0 Å². The lowest BCUT2D eigenvalue weighted by atomic mass is 10.1. The van der Waals surface area contributed by atoms with Crippen LogP contribution in [0.4, 0.5) is 0 Å². The minimum Gasteiger partial charge on any atom is -0.467 e. The first-order valence-electron chi connectivity index (χ1n) is 3.55. The summed E-state index contributed by atoms with van der Waals surface area (Å²) in [6, 6.07) is 2.00. The van der Waals surface area contributed by atoms with E-state index >= 15 is 0 Å². The molecule has 0 saturated heterocycles. The molecule has 56 valence electrons. The Balaban J connectivity index is 2.82. The number of aryl methyl sites for hydroxylation is 1. The van der Waals surface area contributed by atoms with Crippen molar-refractivity contribution in [1.82, 2.24) is 0 Å². The monoisotopic (exact) mass is 139 g/mol. The van der Waals surface area contributed by atoms with E-state index in [4.69, 9.17) is 10.2 Å². The van der Waals surface area contributed by atoms with Crippen LogP contribution < -0.4 is 5.73 Å². The Morgan fingerprint density at radius 1 is 1.70 bits per heavy atom. The van der Waals surface area contributed by atoms with Crippen LogP contribution in [-0.4, -0.2) is 0 Å². The lowest BCUT2D eigenvalue weighted by Gasteiger charge is -2.04. The van der Waals surface area contributed by atoms with E-state index in [1.807, 2.05) is 19.9 Å².